The van der Waals surface area contributed by atoms with E-state index in [-0.39, 0.29) is 22.7 Å². The number of nitro groups is 1. The third-order valence-corrected chi connectivity index (χ3v) is 3.70. The smallest absolute Gasteiger partial charge is 0.296 e. The highest BCUT2D eigenvalue weighted by Gasteiger charge is 2.19. The fourth-order valence-corrected chi connectivity index (χ4v) is 2.33. The van der Waals surface area contributed by atoms with Gasteiger partial charge in [0.25, 0.3) is 11.6 Å². The highest BCUT2D eigenvalue weighted by Crippen LogP contribution is 2.29. The number of nitrogens with zero attached hydrogens (tertiary/aromatic N) is 2. The van der Waals surface area contributed by atoms with Crippen LogP contribution in [0.2, 0.25) is 0 Å². The van der Waals surface area contributed by atoms with Gasteiger partial charge in [-0.2, -0.15) is 5.26 Å². The predicted molar refractivity (Wildman–Crippen MR) is 104 cm³/mol. The van der Waals surface area contributed by atoms with Crippen molar-refractivity contribution in [1.29, 1.82) is 5.26 Å². The summed E-state index contributed by atoms with van der Waals surface area (Å²) < 4.78 is 10.6. The lowest BCUT2D eigenvalue weighted by atomic mass is 10.1. The molecule has 0 bridgehead atoms. The molecule has 28 heavy (non-hydrogen) atoms. The minimum absolute atomic E-state index is 0.0348. The molecule has 2 rings (SSSR count). The van der Waals surface area contributed by atoms with Crippen LogP contribution in [0.1, 0.15) is 18.9 Å². The number of nitro benzene ring substituents is 1. The number of nitrogens with one attached hydrogen (secondary N) is 1. The maximum atomic E-state index is 12.5. The van der Waals surface area contributed by atoms with Crippen LogP contribution in [0.5, 0.6) is 11.5 Å². The van der Waals surface area contributed by atoms with Crippen LogP contribution in [0.15, 0.2) is 48.0 Å². The molecule has 0 unspecified atom stereocenters. The number of benzene rings is 2. The zero-order valence-corrected chi connectivity index (χ0v) is 15.5. The van der Waals surface area contributed by atoms with E-state index in [4.69, 9.17) is 9.47 Å². The minimum Gasteiger partial charge on any atom is -0.496 e. The normalized spacial score (nSPS) is 10.7. The predicted octanol–water partition coefficient (Wildman–Crippen LogP) is 3.94. The van der Waals surface area contributed by atoms with Crippen molar-refractivity contribution in [3.63, 3.8) is 0 Å². The van der Waals surface area contributed by atoms with E-state index < -0.39 is 10.8 Å². The number of amides is 1. The van der Waals surface area contributed by atoms with Gasteiger partial charge in [-0.15, -0.1) is 0 Å². The Labute approximate surface area is 162 Å². The number of methoxy groups -OCH3 is 1. The van der Waals surface area contributed by atoms with Crippen LogP contribution in [0, 0.1) is 21.4 Å². The van der Waals surface area contributed by atoms with E-state index in [0.29, 0.717) is 17.9 Å². The number of hydrogen-bond donors (Lipinski definition) is 1. The van der Waals surface area contributed by atoms with Crippen LogP contribution in [0.3, 0.4) is 0 Å². The number of rotatable bonds is 8. The summed E-state index contributed by atoms with van der Waals surface area (Å²) >= 11 is 0. The first-order valence-corrected chi connectivity index (χ1v) is 8.47. The summed E-state index contributed by atoms with van der Waals surface area (Å²) in [7, 11) is 1.38. The van der Waals surface area contributed by atoms with Gasteiger partial charge in [-0.3, -0.25) is 14.9 Å². The third-order valence-electron chi connectivity index (χ3n) is 3.70. The first-order valence-electron chi connectivity index (χ1n) is 8.47. The summed E-state index contributed by atoms with van der Waals surface area (Å²) in [6, 6.07) is 12.8. The molecule has 0 radical (unpaired) electrons. The first-order chi connectivity index (χ1) is 13.5. The van der Waals surface area contributed by atoms with E-state index in [2.05, 4.69) is 5.32 Å². The zero-order chi connectivity index (χ0) is 20.5. The molecule has 8 heteroatoms. The van der Waals surface area contributed by atoms with Crippen LogP contribution in [0.4, 0.5) is 11.4 Å². The molecule has 0 saturated heterocycles. The van der Waals surface area contributed by atoms with E-state index >= 15 is 0 Å². The Morgan fingerprint density at radius 1 is 1.32 bits per heavy atom. The van der Waals surface area contributed by atoms with Gasteiger partial charge in [0.15, 0.2) is 0 Å². The van der Waals surface area contributed by atoms with Crippen molar-refractivity contribution < 1.29 is 19.2 Å². The van der Waals surface area contributed by atoms with Gasteiger partial charge in [-0.05, 0) is 30.7 Å². The van der Waals surface area contributed by atoms with E-state index in [1.54, 1.807) is 24.3 Å². The average molecular weight is 381 g/mol. The summed E-state index contributed by atoms with van der Waals surface area (Å²) in [5.41, 5.74) is -0.0197. The largest absolute Gasteiger partial charge is 0.496 e. The van der Waals surface area contributed by atoms with Crippen LogP contribution in [-0.2, 0) is 4.79 Å². The second-order valence-electron chi connectivity index (χ2n) is 5.65. The lowest BCUT2D eigenvalue weighted by Crippen LogP contribution is -2.14. The molecule has 0 aliphatic rings. The molecule has 2 aromatic rings. The van der Waals surface area contributed by atoms with Gasteiger partial charge in [0.1, 0.15) is 28.8 Å². The molecular weight excluding hydrogens is 362 g/mol. The van der Waals surface area contributed by atoms with E-state index in [0.717, 1.165) is 6.42 Å². The Hall–Kier alpha value is -3.86. The lowest BCUT2D eigenvalue weighted by molar-refractivity contribution is -0.384. The number of carbonyl (C=O) groups is 1. The average Bonchev–Trinajstić information content (AvgIpc) is 2.71. The fourth-order valence-electron chi connectivity index (χ4n) is 2.33. The Kier molecular flexibility index (Phi) is 7.11. The molecule has 1 N–H and O–H groups in total. The highest BCUT2D eigenvalue weighted by molar-refractivity contribution is 6.10. The molecule has 0 spiro atoms. The van der Waals surface area contributed by atoms with Gasteiger partial charge >= 0.3 is 0 Å². The first kappa shape index (κ1) is 20.5. The Balaban J connectivity index is 2.32. The maximum Gasteiger partial charge on any atom is 0.296 e. The molecule has 0 heterocycles. The minimum atomic E-state index is -0.763. The zero-order valence-electron chi connectivity index (χ0n) is 15.5. The van der Waals surface area contributed by atoms with Gasteiger partial charge < -0.3 is 14.8 Å². The van der Waals surface area contributed by atoms with Gasteiger partial charge in [0, 0.05) is 5.56 Å². The number of carbonyl (C=O) groups excluding carboxylic acids is 1. The number of anilines is 1. The third kappa shape index (κ3) is 5.08. The van der Waals surface area contributed by atoms with Crippen molar-refractivity contribution in [3.05, 3.63) is 63.7 Å². The Morgan fingerprint density at radius 3 is 2.71 bits per heavy atom. The highest BCUT2D eigenvalue weighted by atomic mass is 16.6. The molecule has 8 nitrogen and oxygen atoms in total. The van der Waals surface area contributed by atoms with Gasteiger partial charge in [-0.25, -0.2) is 0 Å². The van der Waals surface area contributed by atoms with Crippen LogP contribution in [0.25, 0.3) is 6.08 Å². The molecule has 0 fully saturated rings. The molecule has 0 aromatic heterocycles. The monoisotopic (exact) mass is 381 g/mol. The standard InChI is InChI=1S/C20H19N3O5/c1-3-10-28-19-7-5-4-6-14(19)11-15(13-21)20(24)22-17-9-8-16(27-2)12-18(17)23(25)26/h4-9,11-12H,3,10H2,1-2H3,(H,22,24)/b15-11+. The van der Waals surface area contributed by atoms with Crippen LogP contribution < -0.4 is 14.8 Å². The molecule has 0 atom stereocenters. The summed E-state index contributed by atoms with van der Waals surface area (Å²) in [6.07, 6.45) is 2.19. The molecule has 0 saturated carbocycles. The summed E-state index contributed by atoms with van der Waals surface area (Å²) in [5.74, 6) is 0.0594. The van der Waals surface area contributed by atoms with Crippen molar-refractivity contribution in [2.75, 3.05) is 19.0 Å². The molecule has 0 aliphatic heterocycles. The number of ether oxygens (including phenoxy) is 2. The van der Waals surface area contributed by atoms with Gasteiger partial charge in [0.05, 0.1) is 24.7 Å². The van der Waals surface area contributed by atoms with E-state index in [1.165, 1.54) is 31.4 Å². The van der Waals surface area contributed by atoms with Crippen LogP contribution >= 0.6 is 0 Å². The van der Waals surface area contributed by atoms with Crippen molar-refractivity contribution >= 4 is 23.4 Å². The second kappa shape index (κ2) is 9.73. The number of hydrogen-bond acceptors (Lipinski definition) is 6. The van der Waals surface area contributed by atoms with Gasteiger partial charge in [0.2, 0.25) is 0 Å². The van der Waals surface area contributed by atoms with Gasteiger partial charge in [-0.1, -0.05) is 25.1 Å². The molecule has 1 amide bonds. The Bertz CT molecular complexity index is 947. The maximum absolute atomic E-state index is 12.5. The lowest BCUT2D eigenvalue weighted by Gasteiger charge is -2.09. The molecular formula is C20H19N3O5. The Morgan fingerprint density at radius 2 is 2.07 bits per heavy atom. The van der Waals surface area contributed by atoms with Crippen molar-refractivity contribution in [1.82, 2.24) is 0 Å². The topological polar surface area (TPSA) is 114 Å². The number of nitriles is 1. The quantitative estimate of drug-likeness (QED) is 0.321. The van der Waals surface area contributed by atoms with Crippen LogP contribution in [-0.4, -0.2) is 24.5 Å². The van der Waals surface area contributed by atoms with Crippen molar-refractivity contribution in [2.45, 2.75) is 13.3 Å². The van der Waals surface area contributed by atoms with E-state index in [9.17, 15) is 20.2 Å². The van der Waals surface area contributed by atoms with E-state index in [1.807, 2.05) is 13.0 Å². The molecule has 0 aliphatic carbocycles. The summed E-state index contributed by atoms with van der Waals surface area (Å²) in [5, 5.41) is 23.0. The number of para-hydroxylation sites is 1. The van der Waals surface area contributed by atoms with Crippen molar-refractivity contribution in [2.24, 2.45) is 0 Å². The summed E-state index contributed by atoms with van der Waals surface area (Å²) in [6.45, 7) is 2.46. The molecule has 144 valence electrons. The fraction of sp³-hybridized carbons (Fsp3) is 0.200. The SMILES string of the molecule is CCCOc1ccccc1/C=C(\C#N)C(=O)Nc1ccc(OC)cc1[N+](=O)[O-]. The summed E-state index contributed by atoms with van der Waals surface area (Å²) in [4.78, 5) is 23.1. The van der Waals surface area contributed by atoms with Crippen molar-refractivity contribution in [3.8, 4) is 17.6 Å². The molecule has 2 aromatic carbocycles. The second-order valence-corrected chi connectivity index (χ2v) is 5.65.